The molecule has 1 N–H and O–H groups in total. The van der Waals surface area contributed by atoms with E-state index in [0.29, 0.717) is 0 Å². The minimum absolute atomic E-state index is 0.766. The molecule has 15 heavy (non-hydrogen) atoms. The Morgan fingerprint density at radius 2 is 2.07 bits per heavy atom. The first-order valence-corrected chi connectivity index (χ1v) is 6.57. The van der Waals surface area contributed by atoms with Gasteiger partial charge in [0.25, 0.3) is 0 Å². The summed E-state index contributed by atoms with van der Waals surface area (Å²) in [4.78, 5) is 0. The zero-order valence-corrected chi connectivity index (χ0v) is 10.2. The molecular formula is C13H25NO. The average Bonchev–Trinajstić information content (AvgIpc) is 2.69. The molecule has 2 heteroatoms. The fraction of sp³-hybridized carbons (Fsp3) is 1.00. The maximum Gasteiger partial charge on any atom is 0.0507 e. The SMILES string of the molecule is CC1CCC(NCC2CCOC2)C(C)C1. The standard InChI is InChI=1S/C13H25NO/c1-10-3-4-13(11(2)7-10)14-8-12-5-6-15-9-12/h10-14H,3-9H2,1-2H3. The van der Waals surface area contributed by atoms with Crippen molar-refractivity contribution in [1.29, 1.82) is 0 Å². The Hall–Kier alpha value is -0.0800. The fourth-order valence-electron chi connectivity index (χ4n) is 3.03. The summed E-state index contributed by atoms with van der Waals surface area (Å²) in [5.74, 6) is 2.57. The molecule has 1 aliphatic heterocycles. The molecule has 0 aromatic carbocycles. The normalized spacial score (nSPS) is 42.0. The number of ether oxygens (including phenoxy) is 1. The van der Waals surface area contributed by atoms with Crippen molar-refractivity contribution in [1.82, 2.24) is 5.32 Å². The lowest BCUT2D eigenvalue weighted by Crippen LogP contribution is -2.41. The highest BCUT2D eigenvalue weighted by atomic mass is 16.5. The van der Waals surface area contributed by atoms with E-state index in [4.69, 9.17) is 4.74 Å². The van der Waals surface area contributed by atoms with Crippen LogP contribution < -0.4 is 5.32 Å². The second kappa shape index (κ2) is 5.31. The second-order valence-electron chi connectivity index (χ2n) is 5.64. The molecule has 1 aliphatic carbocycles. The Labute approximate surface area is 93.8 Å². The third-order valence-corrected chi connectivity index (χ3v) is 4.12. The van der Waals surface area contributed by atoms with Gasteiger partial charge in [-0.05, 0) is 43.4 Å². The van der Waals surface area contributed by atoms with Crippen molar-refractivity contribution in [3.8, 4) is 0 Å². The van der Waals surface area contributed by atoms with Gasteiger partial charge in [-0.15, -0.1) is 0 Å². The van der Waals surface area contributed by atoms with Crippen molar-refractivity contribution in [2.24, 2.45) is 17.8 Å². The first-order chi connectivity index (χ1) is 7.25. The van der Waals surface area contributed by atoms with Crippen molar-refractivity contribution < 1.29 is 4.74 Å². The van der Waals surface area contributed by atoms with E-state index in [2.05, 4.69) is 19.2 Å². The highest BCUT2D eigenvalue weighted by molar-refractivity contribution is 4.82. The molecule has 2 fully saturated rings. The molecule has 0 spiro atoms. The van der Waals surface area contributed by atoms with E-state index in [-0.39, 0.29) is 0 Å². The van der Waals surface area contributed by atoms with Crippen LogP contribution >= 0.6 is 0 Å². The summed E-state index contributed by atoms with van der Waals surface area (Å²) in [7, 11) is 0. The van der Waals surface area contributed by atoms with Crippen LogP contribution in [0.5, 0.6) is 0 Å². The van der Waals surface area contributed by atoms with Gasteiger partial charge >= 0.3 is 0 Å². The minimum atomic E-state index is 0.766. The van der Waals surface area contributed by atoms with E-state index in [9.17, 15) is 0 Å². The molecule has 4 unspecified atom stereocenters. The van der Waals surface area contributed by atoms with Crippen molar-refractivity contribution in [2.45, 2.75) is 45.6 Å². The van der Waals surface area contributed by atoms with Gasteiger partial charge in [0.2, 0.25) is 0 Å². The molecule has 0 bridgehead atoms. The van der Waals surface area contributed by atoms with Crippen LogP contribution in [0.15, 0.2) is 0 Å². The maximum absolute atomic E-state index is 5.40. The van der Waals surface area contributed by atoms with Gasteiger partial charge in [0.15, 0.2) is 0 Å². The summed E-state index contributed by atoms with van der Waals surface area (Å²) in [6, 6.07) is 0.766. The number of rotatable bonds is 3. The fourth-order valence-corrected chi connectivity index (χ4v) is 3.03. The lowest BCUT2D eigenvalue weighted by atomic mass is 9.80. The number of nitrogens with one attached hydrogen (secondary N) is 1. The molecule has 88 valence electrons. The zero-order chi connectivity index (χ0) is 10.7. The van der Waals surface area contributed by atoms with Crippen molar-refractivity contribution >= 4 is 0 Å². The van der Waals surface area contributed by atoms with E-state index < -0.39 is 0 Å². The Morgan fingerprint density at radius 3 is 2.73 bits per heavy atom. The summed E-state index contributed by atoms with van der Waals surface area (Å²) in [6.07, 6.45) is 5.43. The lowest BCUT2D eigenvalue weighted by molar-refractivity contribution is 0.179. The van der Waals surface area contributed by atoms with Crippen LogP contribution in [0.25, 0.3) is 0 Å². The molecule has 2 rings (SSSR count). The Bertz CT molecular complexity index is 189. The second-order valence-corrected chi connectivity index (χ2v) is 5.64. The highest BCUT2D eigenvalue weighted by Gasteiger charge is 2.26. The number of hydrogen-bond donors (Lipinski definition) is 1. The first-order valence-electron chi connectivity index (χ1n) is 6.57. The molecule has 1 saturated carbocycles. The highest BCUT2D eigenvalue weighted by Crippen LogP contribution is 2.28. The first kappa shape index (κ1) is 11.4. The summed E-state index contributed by atoms with van der Waals surface area (Å²) in [6.45, 7) is 7.91. The predicted octanol–water partition coefficient (Wildman–Crippen LogP) is 2.44. The monoisotopic (exact) mass is 211 g/mol. The summed E-state index contributed by atoms with van der Waals surface area (Å²) in [5, 5.41) is 3.75. The van der Waals surface area contributed by atoms with Crippen molar-refractivity contribution in [2.75, 3.05) is 19.8 Å². The molecule has 1 saturated heterocycles. The summed E-state index contributed by atoms with van der Waals surface area (Å²) in [5.41, 5.74) is 0. The number of hydrogen-bond acceptors (Lipinski definition) is 2. The summed E-state index contributed by atoms with van der Waals surface area (Å²) < 4.78 is 5.40. The Morgan fingerprint density at radius 1 is 1.20 bits per heavy atom. The smallest absolute Gasteiger partial charge is 0.0507 e. The molecule has 0 amide bonds. The van der Waals surface area contributed by atoms with Gasteiger partial charge in [0.05, 0.1) is 6.61 Å². The topological polar surface area (TPSA) is 21.3 Å². The van der Waals surface area contributed by atoms with E-state index in [0.717, 1.165) is 37.0 Å². The minimum Gasteiger partial charge on any atom is -0.381 e. The van der Waals surface area contributed by atoms with E-state index in [1.807, 2.05) is 0 Å². The van der Waals surface area contributed by atoms with Gasteiger partial charge in [-0.25, -0.2) is 0 Å². The molecular weight excluding hydrogens is 186 g/mol. The van der Waals surface area contributed by atoms with Gasteiger partial charge in [0, 0.05) is 19.2 Å². The van der Waals surface area contributed by atoms with Crippen LogP contribution in [0.4, 0.5) is 0 Å². The average molecular weight is 211 g/mol. The van der Waals surface area contributed by atoms with Crippen LogP contribution in [0.3, 0.4) is 0 Å². The van der Waals surface area contributed by atoms with Gasteiger partial charge in [-0.3, -0.25) is 0 Å². The van der Waals surface area contributed by atoms with E-state index >= 15 is 0 Å². The lowest BCUT2D eigenvalue weighted by Gasteiger charge is -2.33. The largest absolute Gasteiger partial charge is 0.381 e. The van der Waals surface area contributed by atoms with Crippen LogP contribution in [0.1, 0.15) is 39.5 Å². The van der Waals surface area contributed by atoms with Crippen LogP contribution in [0, 0.1) is 17.8 Å². The molecule has 0 radical (unpaired) electrons. The molecule has 1 heterocycles. The van der Waals surface area contributed by atoms with Gasteiger partial charge in [-0.1, -0.05) is 13.8 Å². The molecule has 0 aromatic rings. The summed E-state index contributed by atoms with van der Waals surface area (Å²) >= 11 is 0. The van der Waals surface area contributed by atoms with Gasteiger partial charge < -0.3 is 10.1 Å². The van der Waals surface area contributed by atoms with E-state index in [1.54, 1.807) is 0 Å². The van der Waals surface area contributed by atoms with Crippen molar-refractivity contribution in [3.63, 3.8) is 0 Å². The quantitative estimate of drug-likeness (QED) is 0.774. The molecule has 2 nitrogen and oxygen atoms in total. The molecule has 2 aliphatic rings. The Kier molecular flexibility index (Phi) is 4.04. The third-order valence-electron chi connectivity index (χ3n) is 4.12. The van der Waals surface area contributed by atoms with Crippen LogP contribution in [-0.4, -0.2) is 25.8 Å². The van der Waals surface area contributed by atoms with Gasteiger partial charge in [-0.2, -0.15) is 0 Å². The van der Waals surface area contributed by atoms with E-state index in [1.165, 1.54) is 32.2 Å². The maximum atomic E-state index is 5.40. The van der Waals surface area contributed by atoms with Crippen LogP contribution in [-0.2, 0) is 4.74 Å². The Balaban J connectivity index is 1.69. The predicted molar refractivity (Wildman–Crippen MR) is 62.9 cm³/mol. The van der Waals surface area contributed by atoms with Crippen LogP contribution in [0.2, 0.25) is 0 Å². The zero-order valence-electron chi connectivity index (χ0n) is 10.2. The van der Waals surface area contributed by atoms with Gasteiger partial charge in [0.1, 0.15) is 0 Å². The molecule has 4 atom stereocenters. The van der Waals surface area contributed by atoms with Crippen molar-refractivity contribution in [3.05, 3.63) is 0 Å². The molecule has 0 aromatic heterocycles. The third kappa shape index (κ3) is 3.18.